The largest absolute Gasteiger partial charge is 0.379 e. The lowest BCUT2D eigenvalue weighted by molar-refractivity contribution is -0.147. The first-order chi connectivity index (χ1) is 28.2. The number of rotatable bonds is 22. The van der Waals surface area contributed by atoms with E-state index < -0.39 is 36.3 Å². The Kier molecular flexibility index (Phi) is 18.5. The maximum Gasteiger partial charge on any atom is 0.245 e. The van der Waals surface area contributed by atoms with Crippen LogP contribution < -0.4 is 10.6 Å². The quantitative estimate of drug-likeness (QED) is 0.130. The summed E-state index contributed by atoms with van der Waals surface area (Å²) in [6.45, 7) is 10.5. The average Bonchev–Trinajstić information content (AvgIpc) is 3.94. The van der Waals surface area contributed by atoms with Gasteiger partial charge in [-0.15, -0.1) is 11.3 Å². The molecule has 59 heavy (non-hydrogen) atoms. The number of methoxy groups -OCH3 is 2. The zero-order valence-corrected chi connectivity index (χ0v) is 37.6. The Morgan fingerprint density at radius 1 is 0.881 bits per heavy atom. The lowest BCUT2D eigenvalue weighted by Gasteiger charge is -2.40. The van der Waals surface area contributed by atoms with Crippen molar-refractivity contribution in [1.29, 1.82) is 0 Å². The van der Waals surface area contributed by atoms with Gasteiger partial charge in [-0.05, 0) is 56.3 Å². The van der Waals surface area contributed by atoms with Crippen molar-refractivity contribution in [3.63, 3.8) is 0 Å². The molecular formula is C46H68N6O6S. The van der Waals surface area contributed by atoms with E-state index >= 15 is 0 Å². The second-order valence-electron chi connectivity index (χ2n) is 16.6. The molecule has 12 nitrogen and oxygen atoms in total. The molecule has 0 radical (unpaired) electrons. The number of likely N-dealkylation sites (tertiary alicyclic amines) is 1. The van der Waals surface area contributed by atoms with Gasteiger partial charge in [0.25, 0.3) is 0 Å². The molecule has 2 aromatic carbocycles. The van der Waals surface area contributed by atoms with Crippen LogP contribution in [0.4, 0.5) is 0 Å². The number of likely N-dealkylation sites (N-methyl/N-ethyl adjacent to an activating group) is 2. The molecule has 0 spiro atoms. The predicted molar refractivity (Wildman–Crippen MR) is 234 cm³/mol. The number of carbonyl (C=O) groups is 4. The summed E-state index contributed by atoms with van der Waals surface area (Å²) in [6, 6.07) is 17.3. The first kappa shape index (κ1) is 47.5. The normalized spacial score (nSPS) is 18.4. The fourth-order valence-corrected chi connectivity index (χ4v) is 9.44. The van der Waals surface area contributed by atoms with Gasteiger partial charge in [-0.3, -0.25) is 24.1 Å². The Balaban J connectivity index is 1.53. The Labute approximate surface area is 356 Å². The first-order valence-corrected chi connectivity index (χ1v) is 22.0. The van der Waals surface area contributed by atoms with Gasteiger partial charge in [0.2, 0.25) is 23.6 Å². The second kappa shape index (κ2) is 23.0. The van der Waals surface area contributed by atoms with Gasteiger partial charge in [0.05, 0.1) is 48.7 Å². The molecule has 0 bridgehead atoms. The van der Waals surface area contributed by atoms with Crippen LogP contribution in [-0.4, -0.2) is 122 Å². The monoisotopic (exact) mass is 832 g/mol. The van der Waals surface area contributed by atoms with Gasteiger partial charge in [0, 0.05) is 45.8 Å². The van der Waals surface area contributed by atoms with E-state index in [0.717, 1.165) is 29.0 Å². The standard InChI is InChI=1S/C46H68N6O6S/c1-11-31(4)41(51(8)46(56)36(28-34-21-16-13-17-22-34)49-44(55)40(30(2)3)50(6)7)38(57-9)29-39(53)52-25-18-23-37(52)42(58-10)32(5)43(54)48-35(45-47-24-26-59-45)27-33-19-14-12-15-20-33/h12-17,19-22,24,26,30-32,35-38,40-42H,11,18,23,25,27-29H2,1-10H3,(H,48,54)(H,49,55)/t31-,32+,35-,36-,37-,38+,40-,41-,42+/m0/s1. The van der Waals surface area contributed by atoms with E-state index in [0.29, 0.717) is 25.8 Å². The van der Waals surface area contributed by atoms with Crippen molar-refractivity contribution in [2.75, 3.05) is 41.9 Å². The van der Waals surface area contributed by atoms with Gasteiger partial charge in [-0.1, -0.05) is 102 Å². The fourth-order valence-electron chi connectivity index (χ4n) is 8.75. The molecule has 13 heteroatoms. The fraction of sp³-hybridized carbons (Fsp3) is 0.587. The van der Waals surface area contributed by atoms with Gasteiger partial charge in [0.1, 0.15) is 11.0 Å². The van der Waals surface area contributed by atoms with E-state index in [9.17, 15) is 19.2 Å². The van der Waals surface area contributed by atoms with E-state index in [4.69, 9.17) is 9.47 Å². The Bertz CT molecular complexity index is 1740. The van der Waals surface area contributed by atoms with Crippen molar-refractivity contribution >= 4 is 35.0 Å². The number of carbonyl (C=O) groups excluding carboxylic acids is 4. The summed E-state index contributed by atoms with van der Waals surface area (Å²) < 4.78 is 12.2. The van der Waals surface area contributed by atoms with Gasteiger partial charge in [0.15, 0.2) is 0 Å². The topological polar surface area (TPSA) is 133 Å². The number of aromatic nitrogens is 1. The van der Waals surface area contributed by atoms with E-state index in [1.54, 1.807) is 32.4 Å². The van der Waals surface area contributed by atoms with Crippen molar-refractivity contribution < 1.29 is 28.7 Å². The van der Waals surface area contributed by atoms with Crippen LogP contribution in [0.5, 0.6) is 0 Å². The molecule has 1 aliphatic heterocycles. The summed E-state index contributed by atoms with van der Waals surface area (Å²) in [5.74, 6) is -1.31. The minimum absolute atomic E-state index is 0.0246. The summed E-state index contributed by atoms with van der Waals surface area (Å²) in [6.07, 6.45) is 3.71. The lowest BCUT2D eigenvalue weighted by Crippen LogP contribution is -2.59. The Morgan fingerprint density at radius 2 is 1.51 bits per heavy atom. The van der Waals surface area contributed by atoms with E-state index in [-0.39, 0.29) is 54.0 Å². The SMILES string of the molecule is CC[C@H](C)[C@@H]([C@@H](CC(=O)N1CCC[C@H]1[C@H](OC)[C@@H](C)C(=O)N[C@@H](Cc1ccccc1)c1nccs1)OC)N(C)C(=O)[C@H](Cc1ccccc1)NC(=O)[C@H](C(C)C)N(C)C. The van der Waals surface area contributed by atoms with Crippen molar-refractivity contribution in [3.05, 3.63) is 88.4 Å². The van der Waals surface area contributed by atoms with Crippen LogP contribution in [0.3, 0.4) is 0 Å². The zero-order valence-electron chi connectivity index (χ0n) is 36.8. The summed E-state index contributed by atoms with van der Waals surface area (Å²) in [5, 5.41) is 9.08. The van der Waals surface area contributed by atoms with Gasteiger partial charge >= 0.3 is 0 Å². The van der Waals surface area contributed by atoms with Gasteiger partial charge < -0.3 is 29.9 Å². The molecular weight excluding hydrogens is 765 g/mol. The number of benzene rings is 2. The summed E-state index contributed by atoms with van der Waals surface area (Å²) in [4.78, 5) is 66.7. The summed E-state index contributed by atoms with van der Waals surface area (Å²) >= 11 is 1.51. The zero-order chi connectivity index (χ0) is 43.2. The molecule has 4 amide bonds. The van der Waals surface area contributed by atoms with Crippen molar-refractivity contribution in [3.8, 4) is 0 Å². The number of nitrogens with zero attached hydrogens (tertiary/aromatic N) is 4. The van der Waals surface area contributed by atoms with Crippen LogP contribution in [0.25, 0.3) is 0 Å². The maximum absolute atomic E-state index is 14.6. The van der Waals surface area contributed by atoms with Crippen LogP contribution >= 0.6 is 11.3 Å². The van der Waals surface area contributed by atoms with Crippen LogP contribution in [0.15, 0.2) is 72.2 Å². The molecule has 0 unspecified atom stereocenters. The number of hydrogen-bond donors (Lipinski definition) is 2. The smallest absolute Gasteiger partial charge is 0.245 e. The molecule has 1 fully saturated rings. The second-order valence-corrected chi connectivity index (χ2v) is 17.5. The molecule has 9 atom stereocenters. The van der Waals surface area contributed by atoms with Crippen LogP contribution in [0, 0.1) is 17.8 Å². The molecule has 324 valence electrons. The molecule has 2 N–H and O–H groups in total. The minimum atomic E-state index is -0.836. The van der Waals surface area contributed by atoms with E-state index in [1.807, 2.05) is 111 Å². The third-order valence-corrected chi connectivity index (χ3v) is 12.9. The predicted octanol–water partition coefficient (Wildman–Crippen LogP) is 5.78. The lowest BCUT2D eigenvalue weighted by atomic mass is 9.89. The Morgan fingerprint density at radius 3 is 2.03 bits per heavy atom. The average molecular weight is 833 g/mol. The molecule has 1 aliphatic rings. The summed E-state index contributed by atoms with van der Waals surface area (Å²) in [5.41, 5.74) is 2.02. The third-order valence-electron chi connectivity index (χ3n) is 12.0. The number of ether oxygens (including phenoxy) is 2. The van der Waals surface area contributed by atoms with Crippen LogP contribution in [0.1, 0.15) is 82.5 Å². The Hall–Kier alpha value is -4.17. The molecule has 1 saturated heterocycles. The van der Waals surface area contributed by atoms with E-state index in [1.165, 1.54) is 11.3 Å². The highest BCUT2D eigenvalue weighted by atomic mass is 32.1. The number of nitrogens with one attached hydrogen (secondary N) is 2. The summed E-state index contributed by atoms with van der Waals surface area (Å²) in [7, 11) is 8.67. The molecule has 1 aromatic heterocycles. The van der Waals surface area contributed by atoms with Crippen molar-refractivity contribution in [1.82, 2.24) is 30.3 Å². The highest BCUT2D eigenvalue weighted by Crippen LogP contribution is 2.30. The molecule has 2 heterocycles. The third kappa shape index (κ3) is 12.7. The van der Waals surface area contributed by atoms with Crippen molar-refractivity contribution in [2.45, 2.75) is 116 Å². The van der Waals surface area contributed by atoms with Crippen LogP contribution in [0.2, 0.25) is 0 Å². The van der Waals surface area contributed by atoms with Crippen LogP contribution in [-0.2, 0) is 41.5 Å². The van der Waals surface area contributed by atoms with Gasteiger partial charge in [-0.25, -0.2) is 4.98 Å². The maximum atomic E-state index is 14.6. The first-order valence-electron chi connectivity index (χ1n) is 21.1. The highest BCUT2D eigenvalue weighted by Gasteiger charge is 2.43. The number of thiazole rings is 1. The van der Waals surface area contributed by atoms with Gasteiger partial charge in [-0.2, -0.15) is 0 Å². The molecule has 0 saturated carbocycles. The van der Waals surface area contributed by atoms with Crippen molar-refractivity contribution in [2.24, 2.45) is 17.8 Å². The highest BCUT2D eigenvalue weighted by molar-refractivity contribution is 7.09. The number of amides is 4. The number of hydrogen-bond acceptors (Lipinski definition) is 9. The minimum Gasteiger partial charge on any atom is -0.379 e. The molecule has 0 aliphatic carbocycles. The molecule has 3 aromatic rings. The van der Waals surface area contributed by atoms with E-state index in [2.05, 4.69) is 29.5 Å². The molecule has 4 rings (SSSR count).